The summed E-state index contributed by atoms with van der Waals surface area (Å²) in [6, 6.07) is 22.3. The third kappa shape index (κ3) is 6.89. The van der Waals surface area contributed by atoms with Crippen LogP contribution in [-0.2, 0) is 13.0 Å². The van der Waals surface area contributed by atoms with Gasteiger partial charge in [0.15, 0.2) is 16.9 Å². The highest BCUT2D eigenvalue weighted by Crippen LogP contribution is 2.30. The molecule has 9 heteroatoms. The van der Waals surface area contributed by atoms with Crippen LogP contribution in [0.1, 0.15) is 34.3 Å². The number of carbonyl (C=O) groups excluding carboxylic acids is 1. The van der Waals surface area contributed by atoms with Crippen molar-refractivity contribution in [3.63, 3.8) is 0 Å². The number of anilines is 1. The second-order valence-electron chi connectivity index (χ2n) is 10.9. The zero-order chi connectivity index (χ0) is 31.9. The summed E-state index contributed by atoms with van der Waals surface area (Å²) in [5, 5.41) is 3.90. The average molecular weight is 610 g/mol. The number of nitrogens with zero attached hydrogens (tertiary/aromatic N) is 1. The molecule has 1 amide bonds. The smallest absolute Gasteiger partial charge is 0.257 e. The lowest BCUT2D eigenvalue weighted by atomic mass is 10.0. The number of unbranched alkanes of at least 4 members (excludes halogenated alkanes) is 1. The Morgan fingerprint density at radius 2 is 1.40 bits per heavy atom. The van der Waals surface area contributed by atoms with Crippen LogP contribution in [0, 0.1) is 0 Å². The number of rotatable bonds is 13. The number of amides is 1. The number of pyridine rings is 1. The Balaban J connectivity index is 1.23. The maximum absolute atomic E-state index is 13.5. The van der Waals surface area contributed by atoms with Crippen LogP contribution in [0.15, 0.2) is 77.6 Å². The molecule has 0 saturated heterocycles. The van der Waals surface area contributed by atoms with Crippen molar-refractivity contribution in [1.29, 1.82) is 0 Å². The van der Waals surface area contributed by atoms with Gasteiger partial charge in [-0.25, -0.2) is 0 Å². The number of hydrogen-bond donors (Lipinski definition) is 2. The van der Waals surface area contributed by atoms with E-state index in [0.717, 1.165) is 49.4 Å². The highest BCUT2D eigenvalue weighted by Gasteiger charge is 2.17. The normalized spacial score (nSPS) is 11.2. The van der Waals surface area contributed by atoms with Gasteiger partial charge in [-0.2, -0.15) is 0 Å². The van der Waals surface area contributed by atoms with Crippen molar-refractivity contribution in [3.8, 4) is 23.0 Å². The summed E-state index contributed by atoms with van der Waals surface area (Å²) in [4.78, 5) is 32.3. The average Bonchev–Trinajstić information content (AvgIpc) is 3.06. The number of ether oxygens (including phenoxy) is 4. The number of carbonyl (C=O) groups is 1. The van der Waals surface area contributed by atoms with E-state index < -0.39 is 0 Å². The number of para-hydroxylation sites is 2. The highest BCUT2D eigenvalue weighted by molar-refractivity contribution is 6.13. The molecule has 234 valence electrons. The Morgan fingerprint density at radius 1 is 0.733 bits per heavy atom. The molecule has 2 N–H and O–H groups in total. The first-order valence-electron chi connectivity index (χ1n) is 14.9. The fourth-order valence-corrected chi connectivity index (χ4v) is 5.62. The molecule has 0 aliphatic carbocycles. The molecule has 0 bridgehead atoms. The molecule has 4 aromatic carbocycles. The summed E-state index contributed by atoms with van der Waals surface area (Å²) in [6.45, 7) is 1.77. The molecular formula is C36H39N3O6. The quantitative estimate of drug-likeness (QED) is 0.117. The number of H-pyrrole nitrogens is 1. The molecule has 0 aliphatic rings. The number of hydrogen-bond acceptors (Lipinski definition) is 7. The first-order valence-corrected chi connectivity index (χ1v) is 14.9. The predicted molar refractivity (Wildman–Crippen MR) is 178 cm³/mol. The van der Waals surface area contributed by atoms with E-state index in [0.29, 0.717) is 44.6 Å². The van der Waals surface area contributed by atoms with Crippen molar-refractivity contribution in [2.24, 2.45) is 0 Å². The summed E-state index contributed by atoms with van der Waals surface area (Å²) >= 11 is 0. The lowest BCUT2D eigenvalue weighted by molar-refractivity contribution is 0.102. The van der Waals surface area contributed by atoms with Gasteiger partial charge in [-0.05, 0) is 92.5 Å². The largest absolute Gasteiger partial charge is 0.495 e. The van der Waals surface area contributed by atoms with Crippen LogP contribution in [0.3, 0.4) is 0 Å². The molecule has 0 unspecified atom stereocenters. The molecule has 5 aromatic rings. The second-order valence-corrected chi connectivity index (χ2v) is 10.9. The Morgan fingerprint density at radius 3 is 2.13 bits per heavy atom. The fourth-order valence-electron chi connectivity index (χ4n) is 5.62. The second kappa shape index (κ2) is 14.2. The van der Waals surface area contributed by atoms with Gasteiger partial charge in [0.05, 0.1) is 50.7 Å². The number of methoxy groups -OCH3 is 4. The third-order valence-corrected chi connectivity index (χ3v) is 7.96. The maximum Gasteiger partial charge on any atom is 0.257 e. The number of aromatic nitrogens is 1. The standard InChI is InChI=1S/C36H39N3O6/c1-39(22-24-16-18-29(42-2)32(21-24)45-5)19-7-6-10-23-15-17-28(31(20-23)44-4)37-36(41)27-13-8-11-25-33(27)38-34-26(35(25)40)12-9-14-30(34)43-3/h8-9,11-18,20-21H,6-7,10,19,22H2,1-5H3,(H,37,41)(H,38,40). The SMILES string of the molecule is COc1cc(CCCCN(C)Cc2ccc(OC)c(OC)c2)ccc1NC(=O)c1cccc2c(=O)c3cccc(OC)c3[nH]c12. The molecule has 0 atom stereocenters. The number of benzene rings is 4. The first kappa shape index (κ1) is 31.4. The molecule has 0 aliphatic heterocycles. The van der Waals surface area contributed by atoms with Crippen molar-refractivity contribution in [2.45, 2.75) is 25.8 Å². The maximum atomic E-state index is 13.5. The van der Waals surface area contributed by atoms with Crippen LogP contribution >= 0.6 is 0 Å². The number of nitrogens with one attached hydrogen (secondary N) is 2. The number of fused-ring (bicyclic) bond motifs is 2. The lowest BCUT2D eigenvalue weighted by Gasteiger charge is -2.18. The van der Waals surface area contributed by atoms with Gasteiger partial charge in [-0.1, -0.05) is 24.3 Å². The highest BCUT2D eigenvalue weighted by atomic mass is 16.5. The van der Waals surface area contributed by atoms with E-state index in [1.807, 2.05) is 30.3 Å². The van der Waals surface area contributed by atoms with Gasteiger partial charge in [0.1, 0.15) is 11.5 Å². The Kier molecular flexibility index (Phi) is 9.89. The lowest BCUT2D eigenvalue weighted by Crippen LogP contribution is -2.19. The van der Waals surface area contributed by atoms with E-state index in [1.165, 1.54) is 5.56 Å². The predicted octanol–water partition coefficient (Wildman–Crippen LogP) is 6.42. The van der Waals surface area contributed by atoms with E-state index in [4.69, 9.17) is 18.9 Å². The van der Waals surface area contributed by atoms with E-state index in [1.54, 1.807) is 64.8 Å². The summed E-state index contributed by atoms with van der Waals surface area (Å²) in [5.74, 6) is 2.22. The van der Waals surface area contributed by atoms with Gasteiger partial charge < -0.3 is 34.1 Å². The van der Waals surface area contributed by atoms with Crippen molar-refractivity contribution >= 4 is 33.4 Å². The van der Waals surface area contributed by atoms with E-state index in [9.17, 15) is 9.59 Å². The molecule has 0 radical (unpaired) electrons. The fraction of sp³-hybridized carbons (Fsp3) is 0.278. The Labute approximate surface area is 262 Å². The minimum absolute atomic E-state index is 0.165. The van der Waals surface area contributed by atoms with Crippen LogP contribution in [0.25, 0.3) is 21.8 Å². The molecule has 5 rings (SSSR count). The van der Waals surface area contributed by atoms with Gasteiger partial charge >= 0.3 is 0 Å². The number of aryl methyl sites for hydroxylation is 1. The van der Waals surface area contributed by atoms with Crippen molar-refractivity contribution in [1.82, 2.24) is 9.88 Å². The van der Waals surface area contributed by atoms with Crippen LogP contribution < -0.4 is 29.7 Å². The molecule has 0 spiro atoms. The molecule has 0 fully saturated rings. The third-order valence-electron chi connectivity index (χ3n) is 7.96. The van der Waals surface area contributed by atoms with Crippen LogP contribution in [-0.4, -0.2) is 57.8 Å². The van der Waals surface area contributed by atoms with E-state index >= 15 is 0 Å². The number of aromatic amines is 1. The summed E-state index contributed by atoms with van der Waals surface area (Å²) < 4.78 is 21.9. The van der Waals surface area contributed by atoms with Crippen LogP contribution in [0.2, 0.25) is 0 Å². The zero-order valence-corrected chi connectivity index (χ0v) is 26.4. The summed E-state index contributed by atoms with van der Waals surface area (Å²) in [6.07, 6.45) is 2.92. The molecule has 45 heavy (non-hydrogen) atoms. The minimum Gasteiger partial charge on any atom is -0.495 e. The molecule has 1 aromatic heterocycles. The zero-order valence-electron chi connectivity index (χ0n) is 26.4. The van der Waals surface area contributed by atoms with Gasteiger partial charge in [-0.3, -0.25) is 9.59 Å². The van der Waals surface area contributed by atoms with E-state index in [-0.39, 0.29) is 11.3 Å². The van der Waals surface area contributed by atoms with Crippen molar-refractivity contribution in [3.05, 3.63) is 99.7 Å². The van der Waals surface area contributed by atoms with Gasteiger partial charge in [0.25, 0.3) is 5.91 Å². The monoisotopic (exact) mass is 609 g/mol. The molecule has 1 heterocycles. The summed E-state index contributed by atoms with van der Waals surface area (Å²) in [7, 11) is 8.53. The Hall–Kier alpha value is -5.02. The van der Waals surface area contributed by atoms with Crippen LogP contribution in [0.5, 0.6) is 23.0 Å². The van der Waals surface area contributed by atoms with Crippen LogP contribution in [0.4, 0.5) is 5.69 Å². The van der Waals surface area contributed by atoms with Crippen molar-refractivity contribution < 1.29 is 23.7 Å². The molecule has 0 saturated carbocycles. The van der Waals surface area contributed by atoms with Gasteiger partial charge in [0, 0.05) is 17.3 Å². The molecular weight excluding hydrogens is 570 g/mol. The van der Waals surface area contributed by atoms with Gasteiger partial charge in [-0.15, -0.1) is 0 Å². The minimum atomic E-state index is -0.353. The van der Waals surface area contributed by atoms with E-state index in [2.05, 4.69) is 28.3 Å². The van der Waals surface area contributed by atoms with Gasteiger partial charge in [0.2, 0.25) is 0 Å². The Bertz CT molecular complexity index is 1880. The summed E-state index contributed by atoms with van der Waals surface area (Å²) in [5.41, 5.74) is 4.03. The van der Waals surface area contributed by atoms with Crippen molar-refractivity contribution in [2.75, 3.05) is 47.3 Å². The molecule has 9 nitrogen and oxygen atoms in total. The topological polar surface area (TPSA) is 102 Å². The first-order chi connectivity index (χ1) is 21.9.